The number of nitrogens with two attached hydrogens (primary N) is 1. The molecule has 1 aromatic rings. The van der Waals surface area contributed by atoms with Gasteiger partial charge in [-0.3, -0.25) is 9.59 Å². The van der Waals surface area contributed by atoms with Crippen molar-refractivity contribution in [3.8, 4) is 0 Å². The van der Waals surface area contributed by atoms with Crippen LogP contribution >= 0.6 is 0 Å². The Morgan fingerprint density at radius 3 is 2.25 bits per heavy atom. The molecule has 0 aliphatic carbocycles. The number of amides is 2. The predicted octanol–water partition coefficient (Wildman–Crippen LogP) is -1.15. The summed E-state index contributed by atoms with van der Waals surface area (Å²) >= 11 is 0. The maximum Gasteiger partial charge on any atom is 0.313 e. The number of sulfonamides is 1. The minimum Gasteiger partial charge on any atom is -0.329 e. The van der Waals surface area contributed by atoms with E-state index in [4.69, 9.17) is 5.14 Å². The van der Waals surface area contributed by atoms with Crippen LogP contribution in [-0.4, -0.2) is 83.2 Å². The molecule has 2 rings (SSSR count). The first-order chi connectivity index (χ1) is 12.9. The fourth-order valence-electron chi connectivity index (χ4n) is 2.82. The van der Waals surface area contributed by atoms with E-state index < -0.39 is 37.7 Å². The Morgan fingerprint density at radius 1 is 1.18 bits per heavy atom. The van der Waals surface area contributed by atoms with Crippen molar-refractivity contribution in [1.82, 2.24) is 9.80 Å². The lowest BCUT2D eigenvalue weighted by molar-refractivity contribution is -0.144. The maximum absolute atomic E-state index is 12.7. The molecule has 10 nitrogen and oxygen atoms in total. The lowest BCUT2D eigenvalue weighted by atomic mass is 10.2. The van der Waals surface area contributed by atoms with Crippen LogP contribution in [-0.2, 0) is 29.4 Å². The summed E-state index contributed by atoms with van der Waals surface area (Å²) in [7, 11) is -3.48. The van der Waals surface area contributed by atoms with E-state index >= 15 is 0 Å². The smallest absolute Gasteiger partial charge is 0.313 e. The van der Waals surface area contributed by atoms with Crippen molar-refractivity contribution < 1.29 is 26.4 Å². The third kappa shape index (κ3) is 5.99. The number of likely N-dealkylation sites (N-methyl/N-ethyl adjacent to an activating group) is 1. The molecule has 1 fully saturated rings. The van der Waals surface area contributed by atoms with E-state index in [1.54, 1.807) is 14.1 Å². The number of hydrogen-bond donors (Lipinski definition) is 2. The number of primary sulfonamides is 1. The first-order valence-corrected chi connectivity index (χ1v) is 11.9. The van der Waals surface area contributed by atoms with Gasteiger partial charge < -0.3 is 15.1 Å². The molecule has 1 unspecified atom stereocenters. The van der Waals surface area contributed by atoms with Gasteiger partial charge in [-0.25, -0.2) is 22.0 Å². The van der Waals surface area contributed by atoms with Crippen LogP contribution in [0.1, 0.15) is 6.42 Å². The van der Waals surface area contributed by atoms with E-state index in [9.17, 15) is 26.4 Å². The monoisotopic (exact) mass is 432 g/mol. The number of carbonyl (C=O) groups is 2. The fraction of sp³-hybridized carbons (Fsp3) is 0.500. The van der Waals surface area contributed by atoms with E-state index in [-0.39, 0.29) is 35.1 Å². The van der Waals surface area contributed by atoms with E-state index in [0.717, 1.165) is 0 Å². The summed E-state index contributed by atoms with van der Waals surface area (Å²) in [5.74, 6) is -1.94. The maximum atomic E-state index is 12.7. The Bertz CT molecular complexity index is 942. The summed E-state index contributed by atoms with van der Waals surface area (Å²) in [4.78, 5) is 28.1. The molecule has 0 saturated carbocycles. The van der Waals surface area contributed by atoms with Gasteiger partial charge in [0, 0.05) is 24.8 Å². The molecule has 1 saturated heterocycles. The average molecular weight is 433 g/mol. The van der Waals surface area contributed by atoms with Crippen molar-refractivity contribution in [2.45, 2.75) is 17.4 Å². The Morgan fingerprint density at radius 2 is 1.79 bits per heavy atom. The second-order valence-electron chi connectivity index (χ2n) is 6.88. The van der Waals surface area contributed by atoms with E-state index in [2.05, 4.69) is 5.32 Å². The number of benzene rings is 1. The molecule has 1 heterocycles. The Kier molecular flexibility index (Phi) is 6.80. The largest absolute Gasteiger partial charge is 0.329 e. The molecule has 2 amide bonds. The summed E-state index contributed by atoms with van der Waals surface area (Å²) in [6.07, 6.45) is 0.290. The molecular weight excluding hydrogens is 408 g/mol. The van der Waals surface area contributed by atoms with Crippen LogP contribution in [0.25, 0.3) is 0 Å². The molecule has 28 heavy (non-hydrogen) atoms. The van der Waals surface area contributed by atoms with Crippen molar-refractivity contribution >= 4 is 37.4 Å². The minimum absolute atomic E-state index is 0.0138. The second kappa shape index (κ2) is 8.55. The van der Waals surface area contributed by atoms with Crippen molar-refractivity contribution in [3.05, 3.63) is 24.3 Å². The van der Waals surface area contributed by atoms with Crippen molar-refractivity contribution in [2.75, 3.05) is 44.0 Å². The highest BCUT2D eigenvalue weighted by atomic mass is 32.2. The van der Waals surface area contributed by atoms with Crippen molar-refractivity contribution in [1.29, 1.82) is 0 Å². The molecule has 0 aromatic heterocycles. The lowest BCUT2D eigenvalue weighted by Crippen LogP contribution is -2.48. The normalized spacial score (nSPS) is 18.8. The van der Waals surface area contributed by atoms with Gasteiger partial charge in [0.1, 0.15) is 0 Å². The molecule has 1 aliphatic rings. The zero-order valence-electron chi connectivity index (χ0n) is 15.7. The summed E-state index contributed by atoms with van der Waals surface area (Å²) in [5, 5.41) is 7.42. The Hall–Kier alpha value is -2.02. The average Bonchev–Trinajstić information content (AvgIpc) is 2.94. The van der Waals surface area contributed by atoms with Crippen LogP contribution in [0.2, 0.25) is 0 Å². The topological polar surface area (TPSA) is 147 Å². The third-order valence-electron chi connectivity index (χ3n) is 4.33. The molecule has 1 atom stereocenters. The molecule has 1 aromatic carbocycles. The van der Waals surface area contributed by atoms with Gasteiger partial charge in [0.15, 0.2) is 9.84 Å². The molecule has 0 radical (unpaired) electrons. The molecule has 0 bridgehead atoms. The lowest BCUT2D eigenvalue weighted by Gasteiger charge is -2.28. The van der Waals surface area contributed by atoms with Gasteiger partial charge >= 0.3 is 11.8 Å². The van der Waals surface area contributed by atoms with Crippen LogP contribution in [0.4, 0.5) is 5.69 Å². The molecule has 3 N–H and O–H groups in total. The third-order valence-corrected chi connectivity index (χ3v) is 7.01. The second-order valence-corrected chi connectivity index (χ2v) is 10.7. The summed E-state index contributed by atoms with van der Waals surface area (Å²) in [6.45, 7) is 0.683. The highest BCUT2D eigenvalue weighted by Gasteiger charge is 2.36. The molecular formula is C16H24N4O6S2. The fourth-order valence-corrected chi connectivity index (χ4v) is 5.07. The van der Waals surface area contributed by atoms with Gasteiger partial charge in [-0.1, -0.05) is 0 Å². The number of sulfone groups is 1. The number of carbonyl (C=O) groups excluding carboxylic acids is 2. The SMILES string of the molecule is CN(C)CCN(C(=O)C(=O)Nc1ccc(S(N)(=O)=O)cc1)C1CCS(=O)(=O)C1. The van der Waals surface area contributed by atoms with Gasteiger partial charge in [-0.2, -0.15) is 0 Å². The van der Waals surface area contributed by atoms with E-state index in [0.29, 0.717) is 6.54 Å². The number of anilines is 1. The minimum atomic E-state index is -3.86. The zero-order chi connectivity index (χ0) is 21.1. The summed E-state index contributed by atoms with van der Waals surface area (Å²) in [6, 6.07) is 4.50. The Labute approximate surface area is 164 Å². The Balaban J connectivity index is 2.13. The zero-order valence-corrected chi connectivity index (χ0v) is 17.3. The van der Waals surface area contributed by atoms with Gasteiger partial charge in [-0.05, 0) is 44.8 Å². The molecule has 156 valence electrons. The summed E-state index contributed by atoms with van der Waals surface area (Å²) in [5.41, 5.74) is 0.220. The first-order valence-electron chi connectivity index (χ1n) is 8.49. The number of nitrogens with one attached hydrogen (secondary N) is 1. The van der Waals surface area contributed by atoms with Gasteiger partial charge in [-0.15, -0.1) is 0 Å². The molecule has 12 heteroatoms. The van der Waals surface area contributed by atoms with Crippen molar-refractivity contribution in [2.24, 2.45) is 5.14 Å². The van der Waals surface area contributed by atoms with Gasteiger partial charge in [0.05, 0.1) is 16.4 Å². The number of hydrogen-bond acceptors (Lipinski definition) is 7. The van der Waals surface area contributed by atoms with Gasteiger partial charge in [0.2, 0.25) is 10.0 Å². The van der Waals surface area contributed by atoms with Crippen molar-refractivity contribution in [3.63, 3.8) is 0 Å². The van der Waals surface area contributed by atoms with Crippen LogP contribution in [0.15, 0.2) is 29.2 Å². The predicted molar refractivity (Wildman–Crippen MR) is 104 cm³/mol. The van der Waals surface area contributed by atoms with Crippen LogP contribution in [0.5, 0.6) is 0 Å². The molecule has 0 spiro atoms. The standard InChI is InChI=1S/C16H24N4O6S2/c1-19(2)8-9-20(13-7-10-27(23,24)11-13)16(22)15(21)18-12-3-5-14(6-4-12)28(17,25)26/h3-6,13H,7-11H2,1-2H3,(H,18,21)(H2,17,25,26). The molecule has 1 aliphatic heterocycles. The van der Waals surface area contributed by atoms with E-state index in [1.807, 2.05) is 4.90 Å². The van der Waals surface area contributed by atoms with Crippen LogP contribution in [0, 0.1) is 0 Å². The van der Waals surface area contributed by atoms with E-state index in [1.165, 1.54) is 29.2 Å². The van der Waals surface area contributed by atoms with Crippen LogP contribution < -0.4 is 10.5 Å². The van der Waals surface area contributed by atoms with Gasteiger partial charge in [0.25, 0.3) is 0 Å². The summed E-state index contributed by atoms with van der Waals surface area (Å²) < 4.78 is 46.1. The number of nitrogens with zero attached hydrogens (tertiary/aromatic N) is 2. The quantitative estimate of drug-likeness (QED) is 0.540. The first kappa shape index (κ1) is 22.3. The van der Waals surface area contributed by atoms with Crippen LogP contribution in [0.3, 0.4) is 0 Å². The highest BCUT2D eigenvalue weighted by molar-refractivity contribution is 7.91. The highest BCUT2D eigenvalue weighted by Crippen LogP contribution is 2.19. The number of rotatable bonds is 6.